The number of allylic oxidation sites excluding steroid dienone is 2. The van der Waals surface area contributed by atoms with Crippen LogP contribution in [0.2, 0.25) is 0 Å². The first kappa shape index (κ1) is 15.7. The topological polar surface area (TPSA) is 36.2 Å². The molecule has 23 heavy (non-hydrogen) atoms. The normalized spacial score (nSPS) is 14.6. The first-order valence-electron chi connectivity index (χ1n) is 8.51. The predicted molar refractivity (Wildman–Crippen MR) is 93.3 cm³/mol. The van der Waals surface area contributed by atoms with Gasteiger partial charge in [-0.3, -0.25) is 4.79 Å². The molecule has 1 aliphatic rings. The number of aromatic nitrogens is 2. The van der Waals surface area contributed by atoms with Crippen molar-refractivity contribution in [2.75, 3.05) is 6.61 Å². The van der Waals surface area contributed by atoms with E-state index in [0.717, 1.165) is 36.1 Å². The smallest absolute Gasteiger partial charge is 0.282 e. The lowest BCUT2D eigenvalue weighted by Gasteiger charge is -2.14. The maximum absolute atomic E-state index is 13.2. The second kappa shape index (κ2) is 6.90. The zero-order valence-corrected chi connectivity index (χ0v) is 13.9. The SMILES string of the molecule is CCOc1c(C2=CCCCC2)c(=O)n(-c2ccccc2)n1CC. The van der Waals surface area contributed by atoms with E-state index in [1.54, 1.807) is 4.68 Å². The summed E-state index contributed by atoms with van der Waals surface area (Å²) in [6.07, 6.45) is 6.55. The van der Waals surface area contributed by atoms with E-state index in [4.69, 9.17) is 4.74 Å². The molecule has 0 bridgehead atoms. The Hall–Kier alpha value is -2.23. The van der Waals surface area contributed by atoms with Crippen LogP contribution < -0.4 is 10.3 Å². The van der Waals surface area contributed by atoms with E-state index in [1.807, 2.05) is 48.9 Å². The summed E-state index contributed by atoms with van der Waals surface area (Å²) in [5.74, 6) is 0.706. The molecule has 0 saturated heterocycles. The zero-order valence-electron chi connectivity index (χ0n) is 13.9. The van der Waals surface area contributed by atoms with Gasteiger partial charge in [0.25, 0.3) is 5.56 Å². The third-order valence-corrected chi connectivity index (χ3v) is 4.29. The second-order valence-corrected chi connectivity index (χ2v) is 5.76. The molecule has 3 rings (SSSR count). The number of nitrogens with zero attached hydrogens (tertiary/aromatic N) is 2. The van der Waals surface area contributed by atoms with Gasteiger partial charge in [0.15, 0.2) is 0 Å². The van der Waals surface area contributed by atoms with E-state index in [2.05, 4.69) is 6.08 Å². The van der Waals surface area contributed by atoms with E-state index in [9.17, 15) is 4.79 Å². The van der Waals surface area contributed by atoms with Crippen LogP contribution in [0, 0.1) is 0 Å². The molecule has 122 valence electrons. The number of hydrogen-bond donors (Lipinski definition) is 0. The van der Waals surface area contributed by atoms with Gasteiger partial charge in [0.05, 0.1) is 12.3 Å². The number of benzene rings is 1. The van der Waals surface area contributed by atoms with Crippen LogP contribution in [-0.4, -0.2) is 16.0 Å². The van der Waals surface area contributed by atoms with Crippen molar-refractivity contribution < 1.29 is 4.74 Å². The van der Waals surface area contributed by atoms with Crippen molar-refractivity contribution in [2.45, 2.75) is 46.1 Å². The highest BCUT2D eigenvalue weighted by molar-refractivity contribution is 5.70. The molecule has 0 aliphatic heterocycles. The van der Waals surface area contributed by atoms with Gasteiger partial charge in [-0.25, -0.2) is 9.36 Å². The van der Waals surface area contributed by atoms with Crippen LogP contribution in [-0.2, 0) is 6.54 Å². The summed E-state index contributed by atoms with van der Waals surface area (Å²) in [7, 11) is 0. The van der Waals surface area contributed by atoms with Crippen molar-refractivity contribution in [3.8, 4) is 11.6 Å². The van der Waals surface area contributed by atoms with Gasteiger partial charge in [-0.05, 0) is 57.2 Å². The van der Waals surface area contributed by atoms with Crippen LogP contribution in [0.3, 0.4) is 0 Å². The minimum absolute atomic E-state index is 0.0228. The van der Waals surface area contributed by atoms with E-state index < -0.39 is 0 Å². The zero-order chi connectivity index (χ0) is 16.2. The van der Waals surface area contributed by atoms with Gasteiger partial charge >= 0.3 is 0 Å². The van der Waals surface area contributed by atoms with E-state index in [-0.39, 0.29) is 5.56 Å². The Morgan fingerprint density at radius 1 is 1.13 bits per heavy atom. The number of para-hydroxylation sites is 1. The highest BCUT2D eigenvalue weighted by atomic mass is 16.5. The molecule has 0 N–H and O–H groups in total. The van der Waals surface area contributed by atoms with Crippen molar-refractivity contribution in [3.05, 3.63) is 52.3 Å². The van der Waals surface area contributed by atoms with Crippen LogP contribution in [0.1, 0.15) is 45.1 Å². The fourth-order valence-electron chi connectivity index (χ4n) is 3.26. The lowest BCUT2D eigenvalue weighted by atomic mass is 9.95. The van der Waals surface area contributed by atoms with Crippen LogP contribution >= 0.6 is 0 Å². The van der Waals surface area contributed by atoms with Gasteiger partial charge in [0.2, 0.25) is 5.88 Å². The summed E-state index contributed by atoms with van der Waals surface area (Å²) in [5.41, 5.74) is 2.79. The Bertz CT molecular complexity index is 754. The van der Waals surface area contributed by atoms with E-state index in [0.29, 0.717) is 19.0 Å². The molecular formula is C19H24N2O2. The van der Waals surface area contributed by atoms with Crippen LogP contribution in [0.15, 0.2) is 41.2 Å². The molecule has 1 aromatic heterocycles. The van der Waals surface area contributed by atoms with Crippen LogP contribution in [0.5, 0.6) is 5.88 Å². The molecular weight excluding hydrogens is 288 g/mol. The molecule has 0 saturated carbocycles. The monoisotopic (exact) mass is 312 g/mol. The molecule has 0 unspecified atom stereocenters. The van der Waals surface area contributed by atoms with Gasteiger partial charge in [0, 0.05) is 6.54 Å². The van der Waals surface area contributed by atoms with E-state index in [1.165, 1.54) is 6.42 Å². The fourth-order valence-corrected chi connectivity index (χ4v) is 3.26. The maximum atomic E-state index is 13.2. The molecule has 1 aliphatic carbocycles. The van der Waals surface area contributed by atoms with Crippen molar-refractivity contribution in [2.24, 2.45) is 0 Å². The third kappa shape index (κ3) is 2.85. The molecule has 0 amide bonds. The number of ether oxygens (including phenoxy) is 1. The van der Waals surface area contributed by atoms with E-state index >= 15 is 0 Å². The quantitative estimate of drug-likeness (QED) is 0.836. The third-order valence-electron chi connectivity index (χ3n) is 4.29. The fraction of sp³-hybridized carbons (Fsp3) is 0.421. The first-order valence-corrected chi connectivity index (χ1v) is 8.51. The van der Waals surface area contributed by atoms with Gasteiger partial charge in [-0.2, -0.15) is 0 Å². The average molecular weight is 312 g/mol. The minimum atomic E-state index is 0.0228. The molecule has 2 aromatic rings. The molecule has 4 heteroatoms. The van der Waals surface area contributed by atoms with Crippen LogP contribution in [0.25, 0.3) is 11.3 Å². The second-order valence-electron chi connectivity index (χ2n) is 5.76. The molecule has 0 atom stereocenters. The Kier molecular flexibility index (Phi) is 4.70. The summed E-state index contributed by atoms with van der Waals surface area (Å²) >= 11 is 0. The van der Waals surface area contributed by atoms with Crippen molar-refractivity contribution in [3.63, 3.8) is 0 Å². The highest BCUT2D eigenvalue weighted by Gasteiger charge is 2.24. The Labute approximate surface area is 137 Å². The minimum Gasteiger partial charge on any atom is -0.478 e. The summed E-state index contributed by atoms with van der Waals surface area (Å²) < 4.78 is 9.59. The van der Waals surface area contributed by atoms with Gasteiger partial charge < -0.3 is 4.74 Å². The van der Waals surface area contributed by atoms with Crippen LogP contribution in [0.4, 0.5) is 0 Å². The lowest BCUT2D eigenvalue weighted by molar-refractivity contribution is 0.297. The average Bonchev–Trinajstić information content (AvgIpc) is 2.88. The molecule has 0 fully saturated rings. The molecule has 1 heterocycles. The molecule has 1 aromatic carbocycles. The van der Waals surface area contributed by atoms with Crippen molar-refractivity contribution in [1.82, 2.24) is 9.36 Å². The molecule has 4 nitrogen and oxygen atoms in total. The summed E-state index contributed by atoms with van der Waals surface area (Å²) in [5, 5.41) is 0. The molecule has 0 radical (unpaired) electrons. The lowest BCUT2D eigenvalue weighted by Crippen LogP contribution is -2.22. The standard InChI is InChI=1S/C19H24N2O2/c1-3-20-19(23-4-2)17(15-11-7-5-8-12-15)18(22)21(20)16-13-9-6-10-14-16/h6,9-11,13-14H,3-5,7-8,12H2,1-2H3. The Morgan fingerprint density at radius 2 is 1.91 bits per heavy atom. The van der Waals surface area contributed by atoms with Gasteiger partial charge in [-0.15, -0.1) is 0 Å². The summed E-state index contributed by atoms with van der Waals surface area (Å²) in [6.45, 7) is 5.25. The number of rotatable bonds is 5. The Balaban J connectivity index is 2.25. The first-order chi connectivity index (χ1) is 11.3. The van der Waals surface area contributed by atoms with Crippen molar-refractivity contribution >= 4 is 5.57 Å². The van der Waals surface area contributed by atoms with Gasteiger partial charge in [-0.1, -0.05) is 24.3 Å². The van der Waals surface area contributed by atoms with Crippen molar-refractivity contribution in [1.29, 1.82) is 0 Å². The maximum Gasteiger partial charge on any atom is 0.282 e. The van der Waals surface area contributed by atoms with Gasteiger partial charge in [0.1, 0.15) is 5.56 Å². The summed E-state index contributed by atoms with van der Waals surface area (Å²) in [4.78, 5) is 13.2. The summed E-state index contributed by atoms with van der Waals surface area (Å²) in [6, 6.07) is 9.79. The molecule has 0 spiro atoms. The number of hydrogen-bond acceptors (Lipinski definition) is 2. The predicted octanol–water partition coefficient (Wildman–Crippen LogP) is 4.02. The Morgan fingerprint density at radius 3 is 2.52 bits per heavy atom. The highest BCUT2D eigenvalue weighted by Crippen LogP contribution is 2.32. The largest absolute Gasteiger partial charge is 0.478 e.